The average molecular weight is 241 g/mol. The highest BCUT2D eigenvalue weighted by atomic mass is 16.4. The van der Waals surface area contributed by atoms with Crippen LogP contribution in [0.25, 0.3) is 0 Å². The molecule has 3 N–H and O–H groups in total. The van der Waals surface area contributed by atoms with E-state index in [1.165, 1.54) is 32.1 Å². The number of hydrogen-bond donors (Lipinski definition) is 2. The van der Waals surface area contributed by atoms with Gasteiger partial charge in [-0.2, -0.15) is 0 Å². The fourth-order valence-electron chi connectivity index (χ4n) is 3.00. The molecule has 0 aromatic heterocycles. The normalized spacial score (nSPS) is 26.8. The second-order valence-corrected chi connectivity index (χ2v) is 5.38. The maximum atomic E-state index is 8.72. The molecule has 17 heavy (non-hydrogen) atoms. The summed E-state index contributed by atoms with van der Waals surface area (Å²) in [5, 5.41) is 11.8. The van der Waals surface area contributed by atoms with Crippen LogP contribution in [0.3, 0.4) is 0 Å². The van der Waals surface area contributed by atoms with E-state index in [0.717, 1.165) is 5.92 Å². The lowest BCUT2D eigenvalue weighted by Gasteiger charge is -2.41. The molecule has 0 saturated heterocycles. The summed E-state index contributed by atoms with van der Waals surface area (Å²) in [6.45, 7) is 7.22. The first-order chi connectivity index (χ1) is 8.10. The van der Waals surface area contributed by atoms with Crippen LogP contribution < -0.4 is 5.73 Å². The summed E-state index contributed by atoms with van der Waals surface area (Å²) in [6, 6.07) is 1.03. The molecule has 1 saturated carbocycles. The first-order valence-electron chi connectivity index (χ1n) is 6.82. The van der Waals surface area contributed by atoms with Crippen molar-refractivity contribution < 1.29 is 5.21 Å². The van der Waals surface area contributed by atoms with Gasteiger partial charge >= 0.3 is 0 Å². The minimum absolute atomic E-state index is 0.319. The molecular formula is C13H27N3O. The Morgan fingerprint density at radius 2 is 2.06 bits per heavy atom. The van der Waals surface area contributed by atoms with E-state index in [-0.39, 0.29) is 0 Å². The second-order valence-electron chi connectivity index (χ2n) is 5.38. The molecule has 0 amide bonds. The molecule has 0 radical (unpaired) electrons. The Balaban J connectivity index is 2.73. The zero-order valence-electron chi connectivity index (χ0n) is 11.4. The number of oxime groups is 1. The predicted molar refractivity (Wildman–Crippen MR) is 71.3 cm³/mol. The summed E-state index contributed by atoms with van der Waals surface area (Å²) in [6.07, 6.45) is 6.45. The van der Waals surface area contributed by atoms with Gasteiger partial charge in [0, 0.05) is 12.1 Å². The van der Waals surface area contributed by atoms with Gasteiger partial charge in [-0.1, -0.05) is 31.3 Å². The lowest BCUT2D eigenvalue weighted by atomic mass is 9.81. The largest absolute Gasteiger partial charge is 0.409 e. The minimum atomic E-state index is 0.319. The molecule has 0 heterocycles. The molecule has 100 valence electrons. The van der Waals surface area contributed by atoms with Crippen LogP contribution in [0, 0.1) is 5.92 Å². The zero-order chi connectivity index (χ0) is 12.8. The van der Waals surface area contributed by atoms with Gasteiger partial charge in [0.2, 0.25) is 0 Å². The van der Waals surface area contributed by atoms with Gasteiger partial charge in [0.1, 0.15) is 0 Å². The fourth-order valence-corrected chi connectivity index (χ4v) is 3.00. The van der Waals surface area contributed by atoms with Crippen LogP contribution in [0.2, 0.25) is 0 Å². The molecule has 1 fully saturated rings. The van der Waals surface area contributed by atoms with E-state index in [4.69, 9.17) is 10.9 Å². The van der Waals surface area contributed by atoms with Crippen molar-refractivity contribution in [2.45, 2.75) is 65.0 Å². The number of amidine groups is 1. The van der Waals surface area contributed by atoms with E-state index in [1.807, 2.05) is 0 Å². The van der Waals surface area contributed by atoms with Crippen molar-refractivity contribution in [2.75, 3.05) is 6.54 Å². The highest BCUT2D eigenvalue weighted by Crippen LogP contribution is 2.31. The maximum Gasteiger partial charge on any atom is 0.153 e. The maximum absolute atomic E-state index is 8.72. The van der Waals surface area contributed by atoms with E-state index in [1.54, 1.807) is 0 Å². The quantitative estimate of drug-likeness (QED) is 0.336. The highest BCUT2D eigenvalue weighted by molar-refractivity contribution is 5.81. The van der Waals surface area contributed by atoms with Crippen LogP contribution in [0.4, 0.5) is 0 Å². The number of rotatable bonds is 5. The first-order valence-corrected chi connectivity index (χ1v) is 6.82. The summed E-state index contributed by atoms with van der Waals surface area (Å²) in [7, 11) is 0. The lowest BCUT2D eigenvalue weighted by molar-refractivity contribution is 0.0880. The fraction of sp³-hybridized carbons (Fsp3) is 0.923. The third-order valence-electron chi connectivity index (χ3n) is 3.96. The third kappa shape index (κ3) is 3.87. The minimum Gasteiger partial charge on any atom is -0.409 e. The second kappa shape index (κ2) is 6.84. The Morgan fingerprint density at radius 1 is 1.41 bits per heavy atom. The monoisotopic (exact) mass is 241 g/mol. The van der Waals surface area contributed by atoms with Gasteiger partial charge in [0.15, 0.2) is 5.84 Å². The number of hydrogen-bond acceptors (Lipinski definition) is 3. The Labute approximate surface area is 105 Å². The Kier molecular flexibility index (Phi) is 5.75. The number of nitrogens with two attached hydrogens (primary N) is 1. The van der Waals surface area contributed by atoms with E-state index in [0.29, 0.717) is 24.5 Å². The van der Waals surface area contributed by atoms with Gasteiger partial charge in [0.05, 0.1) is 6.54 Å². The molecular weight excluding hydrogens is 214 g/mol. The summed E-state index contributed by atoms with van der Waals surface area (Å²) in [5.41, 5.74) is 5.66. The van der Waals surface area contributed by atoms with E-state index in [9.17, 15) is 0 Å². The van der Waals surface area contributed by atoms with Gasteiger partial charge < -0.3 is 10.9 Å². The predicted octanol–water partition coefficient (Wildman–Crippen LogP) is 2.41. The molecule has 4 nitrogen and oxygen atoms in total. The first kappa shape index (κ1) is 14.3. The molecule has 1 aliphatic carbocycles. The molecule has 0 aromatic rings. The van der Waals surface area contributed by atoms with Crippen molar-refractivity contribution in [3.8, 4) is 0 Å². The molecule has 0 bridgehead atoms. The van der Waals surface area contributed by atoms with Crippen molar-refractivity contribution in [3.05, 3.63) is 0 Å². The van der Waals surface area contributed by atoms with Crippen molar-refractivity contribution in [1.82, 2.24) is 4.90 Å². The Morgan fingerprint density at radius 3 is 2.59 bits per heavy atom. The average Bonchev–Trinajstić information content (AvgIpc) is 2.35. The highest BCUT2D eigenvalue weighted by Gasteiger charge is 2.30. The van der Waals surface area contributed by atoms with Crippen molar-refractivity contribution in [1.29, 1.82) is 0 Å². The number of nitrogens with zero attached hydrogens (tertiary/aromatic N) is 2. The Bertz CT molecular complexity index is 253. The molecule has 0 spiro atoms. The van der Waals surface area contributed by atoms with Crippen LogP contribution in [0.1, 0.15) is 52.9 Å². The van der Waals surface area contributed by atoms with Crippen LogP contribution >= 0.6 is 0 Å². The summed E-state index contributed by atoms with van der Waals surface area (Å²) in [5.74, 6) is 1.08. The van der Waals surface area contributed by atoms with Crippen molar-refractivity contribution in [3.63, 3.8) is 0 Å². The smallest absolute Gasteiger partial charge is 0.153 e. The van der Waals surface area contributed by atoms with E-state index < -0.39 is 0 Å². The standard InChI is InChI=1S/C13H27N3O/c1-4-11-7-5-6-8-12(11)16(10(2)3)9-13(14)15-17/h10-12,17H,4-9H2,1-3H3,(H2,14,15). The molecule has 1 rings (SSSR count). The molecule has 4 heteroatoms. The van der Waals surface area contributed by atoms with Crippen LogP contribution in [0.5, 0.6) is 0 Å². The summed E-state index contributed by atoms with van der Waals surface area (Å²) in [4.78, 5) is 2.39. The molecule has 0 aromatic carbocycles. The Hall–Kier alpha value is -0.770. The zero-order valence-corrected chi connectivity index (χ0v) is 11.4. The molecule has 2 unspecified atom stereocenters. The van der Waals surface area contributed by atoms with E-state index in [2.05, 4.69) is 30.8 Å². The van der Waals surface area contributed by atoms with Gasteiger partial charge in [-0.3, -0.25) is 4.90 Å². The molecule has 0 aliphatic heterocycles. The van der Waals surface area contributed by atoms with Gasteiger partial charge in [-0.05, 0) is 32.6 Å². The molecule has 2 atom stereocenters. The van der Waals surface area contributed by atoms with Crippen LogP contribution in [0.15, 0.2) is 5.16 Å². The van der Waals surface area contributed by atoms with Gasteiger partial charge in [-0.25, -0.2) is 0 Å². The topological polar surface area (TPSA) is 61.8 Å². The van der Waals surface area contributed by atoms with Crippen LogP contribution in [-0.4, -0.2) is 34.6 Å². The SMILES string of the molecule is CCC1CCCCC1N(CC(N)=NO)C(C)C. The summed E-state index contributed by atoms with van der Waals surface area (Å²) < 4.78 is 0. The molecule has 1 aliphatic rings. The lowest BCUT2D eigenvalue weighted by Crippen LogP contribution is -2.49. The van der Waals surface area contributed by atoms with Crippen LogP contribution in [-0.2, 0) is 0 Å². The summed E-state index contributed by atoms with van der Waals surface area (Å²) >= 11 is 0. The van der Waals surface area contributed by atoms with Gasteiger partial charge in [0.25, 0.3) is 0 Å². The van der Waals surface area contributed by atoms with Crippen molar-refractivity contribution in [2.24, 2.45) is 16.8 Å². The van der Waals surface area contributed by atoms with Crippen molar-refractivity contribution >= 4 is 5.84 Å². The van der Waals surface area contributed by atoms with E-state index >= 15 is 0 Å². The van der Waals surface area contributed by atoms with Gasteiger partial charge in [-0.15, -0.1) is 0 Å². The third-order valence-corrected chi connectivity index (χ3v) is 3.96.